The van der Waals surface area contributed by atoms with E-state index in [0.29, 0.717) is 17.0 Å². The van der Waals surface area contributed by atoms with E-state index in [1.165, 1.54) is 5.56 Å². The van der Waals surface area contributed by atoms with Crippen LogP contribution in [0.15, 0.2) is 65.3 Å². The Morgan fingerprint density at radius 1 is 0.970 bits per heavy atom. The Bertz CT molecular complexity index is 1150. The minimum Gasteiger partial charge on any atom is -0.307 e. The third-order valence-electron chi connectivity index (χ3n) is 8.09. The van der Waals surface area contributed by atoms with Crippen molar-refractivity contribution in [3.05, 3.63) is 97.2 Å². The van der Waals surface area contributed by atoms with Gasteiger partial charge in [0.25, 0.3) is 0 Å². The van der Waals surface area contributed by atoms with Crippen LogP contribution in [0.3, 0.4) is 0 Å². The SMILES string of the molecule is C[C@H]1NC(c2ccc(Cl)cc2)[C@@H]2CC[C@@H](c3ccc(Cl)cc3Cl)[C@H](c3ccc(Br)cn3)[C@]12C. The summed E-state index contributed by atoms with van der Waals surface area (Å²) in [7, 11) is 0. The summed E-state index contributed by atoms with van der Waals surface area (Å²) in [6.45, 7) is 4.76. The third-order valence-corrected chi connectivity index (χ3v) is 9.37. The maximum Gasteiger partial charge on any atom is 0.0455 e. The molecule has 1 aliphatic carbocycles. The first-order chi connectivity index (χ1) is 15.8. The van der Waals surface area contributed by atoms with Crippen molar-refractivity contribution in [3.63, 3.8) is 0 Å². The van der Waals surface area contributed by atoms with Crippen molar-refractivity contribution < 1.29 is 0 Å². The van der Waals surface area contributed by atoms with Crippen LogP contribution in [0.4, 0.5) is 0 Å². The summed E-state index contributed by atoms with van der Waals surface area (Å²) in [5, 5.41) is 6.12. The lowest BCUT2D eigenvalue weighted by Gasteiger charge is -2.50. The molecule has 6 heteroatoms. The van der Waals surface area contributed by atoms with E-state index in [-0.39, 0.29) is 23.3 Å². The van der Waals surface area contributed by atoms with Crippen LogP contribution in [0.5, 0.6) is 0 Å². The largest absolute Gasteiger partial charge is 0.307 e. The zero-order valence-corrected chi connectivity index (χ0v) is 22.4. The Hall–Kier alpha value is -1.10. The monoisotopic (exact) mass is 562 g/mol. The molecule has 3 aromatic rings. The van der Waals surface area contributed by atoms with E-state index in [2.05, 4.69) is 65.4 Å². The Morgan fingerprint density at radius 3 is 2.36 bits per heavy atom. The van der Waals surface area contributed by atoms with Gasteiger partial charge in [0.15, 0.2) is 0 Å². The number of halogens is 4. The second kappa shape index (κ2) is 9.17. The maximum atomic E-state index is 6.76. The summed E-state index contributed by atoms with van der Waals surface area (Å²) in [4.78, 5) is 4.91. The molecule has 1 N–H and O–H groups in total. The molecule has 1 saturated heterocycles. The number of fused-ring (bicyclic) bond motifs is 1. The van der Waals surface area contributed by atoms with Gasteiger partial charge in [0.05, 0.1) is 0 Å². The minimum atomic E-state index is -0.0169. The van der Waals surface area contributed by atoms with Crippen LogP contribution in [0.2, 0.25) is 15.1 Å². The number of nitrogens with zero attached hydrogens (tertiary/aromatic N) is 1. The van der Waals surface area contributed by atoms with E-state index in [4.69, 9.17) is 39.8 Å². The molecule has 2 aliphatic rings. The van der Waals surface area contributed by atoms with Crippen molar-refractivity contribution in [2.24, 2.45) is 11.3 Å². The average Bonchev–Trinajstić information content (AvgIpc) is 3.05. The summed E-state index contributed by atoms with van der Waals surface area (Å²) in [5.41, 5.74) is 3.56. The van der Waals surface area contributed by atoms with E-state index in [1.54, 1.807) is 0 Å². The van der Waals surface area contributed by atoms with Crippen LogP contribution < -0.4 is 5.32 Å². The number of aromatic nitrogens is 1. The number of hydrogen-bond donors (Lipinski definition) is 1. The van der Waals surface area contributed by atoms with Gasteiger partial charge in [-0.2, -0.15) is 0 Å². The van der Waals surface area contributed by atoms with Gasteiger partial charge in [-0.15, -0.1) is 0 Å². The Kier molecular flexibility index (Phi) is 6.56. The van der Waals surface area contributed by atoms with Crippen LogP contribution in [0.1, 0.15) is 61.4 Å². The molecule has 1 aliphatic heterocycles. The van der Waals surface area contributed by atoms with Gasteiger partial charge in [0.2, 0.25) is 0 Å². The molecule has 0 radical (unpaired) electrons. The first-order valence-corrected chi connectivity index (χ1v) is 13.3. The van der Waals surface area contributed by atoms with Crippen LogP contribution >= 0.6 is 50.7 Å². The maximum absolute atomic E-state index is 6.76. The molecule has 0 spiro atoms. The van der Waals surface area contributed by atoms with Gasteiger partial charge < -0.3 is 5.32 Å². The molecule has 0 amide bonds. The normalized spacial score (nSPS) is 31.4. The fraction of sp³-hybridized carbons (Fsp3) is 0.370. The molecule has 2 fully saturated rings. The lowest BCUT2D eigenvalue weighted by Crippen LogP contribution is -2.45. The molecular weight excluding hydrogens is 539 g/mol. The fourth-order valence-corrected chi connectivity index (χ4v) is 7.32. The highest BCUT2D eigenvalue weighted by molar-refractivity contribution is 9.10. The molecule has 2 heterocycles. The van der Waals surface area contributed by atoms with Crippen molar-refractivity contribution in [2.45, 2.75) is 50.6 Å². The van der Waals surface area contributed by atoms with Crippen molar-refractivity contribution in [2.75, 3.05) is 0 Å². The number of pyridine rings is 1. The van der Waals surface area contributed by atoms with Crippen molar-refractivity contribution >= 4 is 50.7 Å². The van der Waals surface area contributed by atoms with Crippen LogP contribution in [-0.4, -0.2) is 11.0 Å². The number of benzene rings is 2. The zero-order chi connectivity index (χ0) is 23.3. The van der Waals surface area contributed by atoms with E-state index in [1.807, 2.05) is 30.5 Å². The quantitative estimate of drug-likeness (QED) is 0.344. The van der Waals surface area contributed by atoms with E-state index < -0.39 is 0 Å². The first kappa shape index (κ1) is 23.6. The predicted octanol–water partition coefficient (Wildman–Crippen LogP) is 8.82. The Morgan fingerprint density at radius 2 is 1.70 bits per heavy atom. The standard InChI is InChI=1S/C27H26BrCl3N2/c1-15-27(2)22(26(33-15)16-3-6-18(29)7-4-16)11-10-21(20-9-8-19(30)13-23(20)31)25(27)24-12-5-17(28)14-32-24/h3-9,12-15,21-22,25-26,33H,10-11H2,1-2H3/t15-,21+,22+,25-,26?,27-/m1/s1. The summed E-state index contributed by atoms with van der Waals surface area (Å²) < 4.78 is 0.987. The smallest absolute Gasteiger partial charge is 0.0455 e. The van der Waals surface area contributed by atoms with Crippen molar-refractivity contribution in [1.29, 1.82) is 0 Å². The van der Waals surface area contributed by atoms with Crippen LogP contribution in [0, 0.1) is 11.3 Å². The summed E-state index contributed by atoms with van der Waals surface area (Å²) in [6.07, 6.45) is 4.06. The molecule has 2 nitrogen and oxygen atoms in total. The highest BCUT2D eigenvalue weighted by atomic mass is 79.9. The summed E-state index contributed by atoms with van der Waals surface area (Å²) in [6, 6.07) is 19.1. The molecular formula is C27H26BrCl3N2. The molecule has 1 aromatic heterocycles. The molecule has 6 atom stereocenters. The van der Waals surface area contributed by atoms with Crippen molar-refractivity contribution in [3.8, 4) is 0 Å². The molecule has 1 saturated carbocycles. The second-order valence-electron chi connectivity index (χ2n) is 9.62. The van der Waals surface area contributed by atoms with E-state index >= 15 is 0 Å². The lowest BCUT2D eigenvalue weighted by molar-refractivity contribution is 0.0776. The van der Waals surface area contributed by atoms with Gasteiger partial charge in [-0.1, -0.05) is 59.9 Å². The van der Waals surface area contributed by atoms with Crippen LogP contribution in [0.25, 0.3) is 0 Å². The fourth-order valence-electron chi connectivity index (χ4n) is 6.41. The predicted molar refractivity (Wildman–Crippen MR) is 142 cm³/mol. The zero-order valence-electron chi connectivity index (χ0n) is 18.5. The second-order valence-corrected chi connectivity index (χ2v) is 11.8. The average molecular weight is 565 g/mol. The molecule has 1 unspecified atom stereocenters. The molecule has 0 bridgehead atoms. The Labute approximate surface area is 219 Å². The number of nitrogens with one attached hydrogen (secondary N) is 1. The minimum absolute atomic E-state index is 0.0169. The number of hydrogen-bond acceptors (Lipinski definition) is 2. The first-order valence-electron chi connectivity index (χ1n) is 11.4. The van der Waals surface area contributed by atoms with Gasteiger partial charge in [-0.05, 0) is 100 Å². The van der Waals surface area contributed by atoms with Gasteiger partial charge in [-0.25, -0.2) is 0 Å². The highest BCUT2D eigenvalue weighted by Crippen LogP contribution is 2.64. The molecule has 33 heavy (non-hydrogen) atoms. The highest BCUT2D eigenvalue weighted by Gasteiger charge is 2.59. The van der Waals surface area contributed by atoms with Gasteiger partial charge in [-0.3, -0.25) is 4.98 Å². The summed E-state index contributed by atoms with van der Waals surface area (Å²) in [5.74, 6) is 0.937. The van der Waals surface area contributed by atoms with Gasteiger partial charge in [0, 0.05) is 49.4 Å². The summed E-state index contributed by atoms with van der Waals surface area (Å²) >= 11 is 22.7. The van der Waals surface area contributed by atoms with Gasteiger partial charge in [0.1, 0.15) is 0 Å². The topological polar surface area (TPSA) is 24.9 Å². The van der Waals surface area contributed by atoms with Crippen LogP contribution in [-0.2, 0) is 0 Å². The van der Waals surface area contributed by atoms with Crippen molar-refractivity contribution in [1.82, 2.24) is 10.3 Å². The third kappa shape index (κ3) is 4.15. The molecule has 2 aromatic carbocycles. The van der Waals surface area contributed by atoms with E-state index in [9.17, 15) is 0 Å². The lowest BCUT2D eigenvalue weighted by atomic mass is 9.53. The Balaban J connectivity index is 1.62. The molecule has 5 rings (SSSR count). The van der Waals surface area contributed by atoms with Gasteiger partial charge >= 0.3 is 0 Å². The molecule has 172 valence electrons. The van der Waals surface area contributed by atoms with E-state index in [0.717, 1.165) is 38.6 Å². The number of rotatable bonds is 3.